The summed E-state index contributed by atoms with van der Waals surface area (Å²) in [6.45, 7) is 0.671. The summed E-state index contributed by atoms with van der Waals surface area (Å²) in [7, 11) is 0. The van der Waals surface area contributed by atoms with E-state index in [-0.39, 0.29) is 0 Å². The molecule has 2 rings (SSSR count). The number of nitrogens with one attached hydrogen (secondary N) is 2. The molecule has 0 aromatic heterocycles. The van der Waals surface area contributed by atoms with E-state index in [0.717, 1.165) is 11.3 Å². The van der Waals surface area contributed by atoms with E-state index in [9.17, 15) is 0 Å². The molecule has 3 nitrogen and oxygen atoms in total. The lowest BCUT2D eigenvalue weighted by molar-refractivity contribution is 0.926. The Morgan fingerprint density at radius 3 is 2.63 bits per heavy atom. The van der Waals surface area contributed by atoms with Crippen molar-refractivity contribution in [2.75, 3.05) is 5.32 Å². The fraction of sp³-hybridized carbons (Fsp3) is 0.0667. The maximum atomic E-state index is 8.82. The third kappa shape index (κ3) is 4.09. The Hall–Kier alpha value is -2.38. The third-order valence-corrected chi connectivity index (χ3v) is 2.79. The highest BCUT2D eigenvalue weighted by Gasteiger charge is 1.99. The van der Waals surface area contributed by atoms with Crippen LogP contribution in [0, 0.1) is 11.3 Å². The molecule has 0 saturated heterocycles. The van der Waals surface area contributed by atoms with Crippen LogP contribution in [0.25, 0.3) is 0 Å². The van der Waals surface area contributed by atoms with Crippen molar-refractivity contribution in [3.63, 3.8) is 0 Å². The predicted molar refractivity (Wildman–Crippen MR) is 80.7 cm³/mol. The first kappa shape index (κ1) is 13.1. The molecule has 0 aliphatic heterocycles. The summed E-state index contributed by atoms with van der Waals surface area (Å²) < 4.78 is 0. The molecule has 2 aromatic carbocycles. The zero-order valence-electron chi connectivity index (χ0n) is 10.3. The summed E-state index contributed by atoms with van der Waals surface area (Å²) in [5.74, 6) is 0. The average Bonchev–Trinajstić information content (AvgIpc) is 2.46. The molecule has 0 fully saturated rings. The summed E-state index contributed by atoms with van der Waals surface area (Å²) in [6.07, 6.45) is 0. The van der Waals surface area contributed by atoms with Crippen molar-refractivity contribution in [2.24, 2.45) is 0 Å². The van der Waals surface area contributed by atoms with Gasteiger partial charge in [0.1, 0.15) is 0 Å². The van der Waals surface area contributed by atoms with Crippen molar-refractivity contribution in [2.45, 2.75) is 6.54 Å². The Morgan fingerprint density at radius 2 is 1.89 bits per heavy atom. The molecule has 0 amide bonds. The SMILES string of the molecule is N#Cc1cccc(NC(=S)NCc2ccccc2)c1. The van der Waals surface area contributed by atoms with Crippen LogP contribution in [0.1, 0.15) is 11.1 Å². The second-order valence-corrected chi connectivity index (χ2v) is 4.39. The van der Waals surface area contributed by atoms with Crippen molar-refractivity contribution in [1.29, 1.82) is 5.26 Å². The molecular weight excluding hydrogens is 254 g/mol. The Labute approximate surface area is 117 Å². The van der Waals surface area contributed by atoms with Crippen molar-refractivity contribution in [3.8, 4) is 6.07 Å². The molecule has 94 valence electrons. The minimum Gasteiger partial charge on any atom is -0.358 e. The second-order valence-electron chi connectivity index (χ2n) is 3.99. The van der Waals surface area contributed by atoms with Crippen molar-refractivity contribution < 1.29 is 0 Å². The molecule has 0 aliphatic rings. The highest BCUT2D eigenvalue weighted by atomic mass is 32.1. The van der Waals surface area contributed by atoms with E-state index in [2.05, 4.69) is 16.7 Å². The third-order valence-electron chi connectivity index (χ3n) is 2.55. The molecule has 2 N–H and O–H groups in total. The van der Waals surface area contributed by atoms with Gasteiger partial charge in [-0.15, -0.1) is 0 Å². The highest BCUT2D eigenvalue weighted by Crippen LogP contribution is 2.09. The van der Waals surface area contributed by atoms with E-state index < -0.39 is 0 Å². The molecule has 0 atom stereocenters. The summed E-state index contributed by atoms with van der Waals surface area (Å²) in [6, 6.07) is 19.3. The lowest BCUT2D eigenvalue weighted by Gasteiger charge is -2.10. The van der Waals surface area contributed by atoms with E-state index in [4.69, 9.17) is 17.5 Å². The molecule has 0 heterocycles. The second kappa shape index (κ2) is 6.53. The lowest BCUT2D eigenvalue weighted by Crippen LogP contribution is -2.27. The predicted octanol–water partition coefficient (Wildman–Crippen LogP) is 3.04. The molecule has 0 saturated carbocycles. The Bertz CT molecular complexity index is 602. The molecule has 19 heavy (non-hydrogen) atoms. The zero-order valence-corrected chi connectivity index (χ0v) is 11.1. The van der Waals surface area contributed by atoms with E-state index in [1.165, 1.54) is 0 Å². The normalized spacial score (nSPS) is 9.42. The first-order chi connectivity index (χ1) is 9.28. The van der Waals surface area contributed by atoms with Gasteiger partial charge < -0.3 is 10.6 Å². The van der Waals surface area contributed by atoms with Gasteiger partial charge in [-0.2, -0.15) is 5.26 Å². The standard InChI is InChI=1S/C15H13N3S/c16-10-13-7-4-8-14(9-13)18-15(19)17-11-12-5-2-1-3-6-12/h1-9H,11H2,(H2,17,18,19). The van der Waals surface area contributed by atoms with Crippen molar-refractivity contribution >= 4 is 23.0 Å². The summed E-state index contributed by atoms with van der Waals surface area (Å²) >= 11 is 5.21. The van der Waals surface area contributed by atoms with Gasteiger partial charge >= 0.3 is 0 Å². The van der Waals surface area contributed by atoms with Gasteiger partial charge in [-0.05, 0) is 36.0 Å². The van der Waals surface area contributed by atoms with Crippen LogP contribution < -0.4 is 10.6 Å². The maximum absolute atomic E-state index is 8.82. The quantitative estimate of drug-likeness (QED) is 0.839. The van der Waals surface area contributed by atoms with E-state index >= 15 is 0 Å². The fourth-order valence-electron chi connectivity index (χ4n) is 1.62. The molecule has 0 bridgehead atoms. The molecule has 0 spiro atoms. The summed E-state index contributed by atoms with van der Waals surface area (Å²) in [5, 5.41) is 15.5. The van der Waals surface area contributed by atoms with Crippen LogP contribution in [0.5, 0.6) is 0 Å². The average molecular weight is 267 g/mol. The lowest BCUT2D eigenvalue weighted by atomic mass is 10.2. The highest BCUT2D eigenvalue weighted by molar-refractivity contribution is 7.80. The number of nitrogens with zero attached hydrogens (tertiary/aromatic N) is 1. The van der Waals surface area contributed by atoms with E-state index in [1.807, 2.05) is 42.5 Å². The maximum Gasteiger partial charge on any atom is 0.171 e. The first-order valence-electron chi connectivity index (χ1n) is 5.87. The molecule has 4 heteroatoms. The topological polar surface area (TPSA) is 47.9 Å². The van der Waals surface area contributed by atoms with Crippen LogP contribution in [0.15, 0.2) is 54.6 Å². The van der Waals surface area contributed by atoms with Crippen LogP contribution in [-0.2, 0) is 6.54 Å². The van der Waals surface area contributed by atoms with Gasteiger partial charge in [0, 0.05) is 12.2 Å². The minimum atomic E-state index is 0.541. The van der Waals surface area contributed by atoms with E-state index in [0.29, 0.717) is 17.2 Å². The van der Waals surface area contributed by atoms with Crippen LogP contribution >= 0.6 is 12.2 Å². The summed E-state index contributed by atoms with van der Waals surface area (Å²) in [4.78, 5) is 0. The Balaban J connectivity index is 1.89. The van der Waals surface area contributed by atoms with Crippen LogP contribution in [0.2, 0.25) is 0 Å². The van der Waals surface area contributed by atoms with Crippen molar-refractivity contribution in [3.05, 3.63) is 65.7 Å². The van der Waals surface area contributed by atoms with Gasteiger partial charge in [-0.1, -0.05) is 36.4 Å². The summed E-state index contributed by atoms with van der Waals surface area (Å²) in [5.41, 5.74) is 2.58. The number of nitriles is 1. The van der Waals surface area contributed by atoms with E-state index in [1.54, 1.807) is 12.1 Å². The molecule has 0 aliphatic carbocycles. The van der Waals surface area contributed by atoms with Gasteiger partial charge in [0.05, 0.1) is 11.6 Å². The number of thiocarbonyl (C=S) groups is 1. The fourth-order valence-corrected chi connectivity index (χ4v) is 1.81. The molecule has 0 radical (unpaired) electrons. The van der Waals surface area contributed by atoms with Crippen molar-refractivity contribution in [1.82, 2.24) is 5.32 Å². The first-order valence-corrected chi connectivity index (χ1v) is 6.28. The van der Waals surface area contributed by atoms with Gasteiger partial charge in [0.25, 0.3) is 0 Å². The van der Waals surface area contributed by atoms with Crippen LogP contribution in [0.4, 0.5) is 5.69 Å². The number of rotatable bonds is 3. The number of hydrogen-bond acceptors (Lipinski definition) is 2. The zero-order chi connectivity index (χ0) is 13.5. The van der Waals surface area contributed by atoms with Gasteiger partial charge in [0.15, 0.2) is 5.11 Å². The number of anilines is 1. The largest absolute Gasteiger partial charge is 0.358 e. The molecular formula is C15H13N3S. The molecule has 0 unspecified atom stereocenters. The van der Waals surface area contributed by atoms with Gasteiger partial charge in [0.2, 0.25) is 0 Å². The van der Waals surface area contributed by atoms with Gasteiger partial charge in [-0.25, -0.2) is 0 Å². The smallest absolute Gasteiger partial charge is 0.171 e. The van der Waals surface area contributed by atoms with Crippen LogP contribution in [-0.4, -0.2) is 5.11 Å². The molecule has 2 aromatic rings. The number of hydrogen-bond donors (Lipinski definition) is 2. The monoisotopic (exact) mass is 267 g/mol. The van der Waals surface area contributed by atoms with Gasteiger partial charge in [-0.3, -0.25) is 0 Å². The number of benzene rings is 2. The minimum absolute atomic E-state index is 0.541. The van der Waals surface area contributed by atoms with Crippen LogP contribution in [0.3, 0.4) is 0 Å². The Morgan fingerprint density at radius 1 is 1.11 bits per heavy atom. The Kier molecular flexibility index (Phi) is 4.49.